The lowest BCUT2D eigenvalue weighted by atomic mass is 10.1. The number of rotatable bonds is 2. The second kappa shape index (κ2) is 5.22. The molecule has 20 heavy (non-hydrogen) atoms. The van der Waals surface area contributed by atoms with Gasteiger partial charge in [-0.25, -0.2) is 0 Å². The van der Waals surface area contributed by atoms with Crippen molar-refractivity contribution in [3.63, 3.8) is 0 Å². The Bertz CT molecular complexity index is 803. The molecule has 2 aromatic carbocycles. The molecule has 0 bridgehead atoms. The van der Waals surface area contributed by atoms with Crippen LogP contribution in [-0.2, 0) is 0 Å². The number of ketones is 1. The van der Waals surface area contributed by atoms with Crippen LogP contribution < -0.4 is 0 Å². The van der Waals surface area contributed by atoms with Crippen molar-refractivity contribution in [1.29, 1.82) is 0 Å². The molecule has 0 aliphatic heterocycles. The van der Waals surface area contributed by atoms with Gasteiger partial charge in [0, 0.05) is 25.1 Å². The summed E-state index contributed by atoms with van der Waals surface area (Å²) in [6.45, 7) is 1.88. The molecule has 4 heteroatoms. The van der Waals surface area contributed by atoms with Crippen LogP contribution in [0.2, 0.25) is 5.02 Å². The molecule has 1 aromatic heterocycles. The number of halogens is 2. The smallest absolute Gasteiger partial charge is 0.228 e. The molecule has 2 nitrogen and oxygen atoms in total. The summed E-state index contributed by atoms with van der Waals surface area (Å²) in [5, 5.41) is 1.51. The lowest BCUT2D eigenvalue weighted by molar-refractivity contribution is 0.101. The van der Waals surface area contributed by atoms with Gasteiger partial charge < -0.3 is 4.42 Å². The molecule has 0 unspecified atom stereocenters. The van der Waals surface area contributed by atoms with Gasteiger partial charge in [0.25, 0.3) is 0 Å². The highest BCUT2D eigenvalue weighted by Gasteiger charge is 2.19. The Labute approximate surface area is 134 Å². The van der Waals surface area contributed by atoms with Crippen LogP contribution in [0.5, 0.6) is 0 Å². The number of carbonyl (C=O) groups is 1. The Hall–Kier alpha value is -1.33. The minimum Gasteiger partial charge on any atom is -0.452 e. The van der Waals surface area contributed by atoms with Crippen molar-refractivity contribution in [3.05, 3.63) is 67.9 Å². The van der Waals surface area contributed by atoms with Gasteiger partial charge >= 0.3 is 0 Å². The first-order valence-electron chi connectivity index (χ1n) is 6.05. The molecule has 1 heterocycles. The van der Waals surface area contributed by atoms with E-state index in [1.54, 1.807) is 12.1 Å². The van der Waals surface area contributed by atoms with E-state index in [0.29, 0.717) is 21.9 Å². The molecular weight excluding hydrogens is 387 g/mol. The molecular formula is C16H10ClIO2. The largest absolute Gasteiger partial charge is 0.452 e. The van der Waals surface area contributed by atoms with Gasteiger partial charge in [0.2, 0.25) is 5.78 Å². The summed E-state index contributed by atoms with van der Waals surface area (Å²) in [5.41, 5.74) is 2.13. The highest BCUT2D eigenvalue weighted by atomic mass is 127. The van der Waals surface area contributed by atoms with Gasteiger partial charge in [-0.3, -0.25) is 4.79 Å². The van der Waals surface area contributed by atoms with E-state index in [-0.39, 0.29) is 5.78 Å². The number of aryl methyl sites for hydroxylation is 1. The van der Waals surface area contributed by atoms with Gasteiger partial charge in [-0.2, -0.15) is 0 Å². The minimum absolute atomic E-state index is 0.105. The maximum absolute atomic E-state index is 12.5. The summed E-state index contributed by atoms with van der Waals surface area (Å²) in [4.78, 5) is 12.5. The Morgan fingerprint density at radius 1 is 1.15 bits per heavy atom. The van der Waals surface area contributed by atoms with E-state index in [0.717, 1.165) is 14.5 Å². The topological polar surface area (TPSA) is 30.2 Å². The van der Waals surface area contributed by atoms with Crippen LogP contribution in [0.15, 0.2) is 46.9 Å². The highest BCUT2D eigenvalue weighted by molar-refractivity contribution is 14.1. The Morgan fingerprint density at radius 3 is 2.55 bits per heavy atom. The van der Waals surface area contributed by atoms with Crippen LogP contribution in [0.4, 0.5) is 0 Å². The fourth-order valence-corrected chi connectivity index (χ4v) is 2.67. The third-order valence-corrected chi connectivity index (χ3v) is 4.17. The first-order valence-corrected chi connectivity index (χ1v) is 7.51. The summed E-state index contributed by atoms with van der Waals surface area (Å²) >= 11 is 8.19. The number of furan rings is 1. The van der Waals surface area contributed by atoms with Gasteiger partial charge in [-0.15, -0.1) is 0 Å². The monoisotopic (exact) mass is 396 g/mol. The molecule has 0 saturated heterocycles. The van der Waals surface area contributed by atoms with Crippen molar-refractivity contribution in [2.75, 3.05) is 0 Å². The van der Waals surface area contributed by atoms with E-state index < -0.39 is 0 Å². The van der Waals surface area contributed by atoms with Gasteiger partial charge in [0.05, 0.1) is 0 Å². The van der Waals surface area contributed by atoms with Crippen LogP contribution in [0.1, 0.15) is 21.7 Å². The first-order chi connectivity index (χ1) is 9.56. The molecule has 0 aliphatic carbocycles. The highest BCUT2D eigenvalue weighted by Crippen LogP contribution is 2.29. The zero-order valence-electron chi connectivity index (χ0n) is 10.6. The number of hydrogen-bond acceptors (Lipinski definition) is 2. The normalized spacial score (nSPS) is 10.9. The second-order valence-corrected chi connectivity index (χ2v) is 6.21. The lowest BCUT2D eigenvalue weighted by Crippen LogP contribution is -2.01. The molecule has 0 N–H and O–H groups in total. The van der Waals surface area contributed by atoms with Crippen molar-refractivity contribution in [1.82, 2.24) is 0 Å². The van der Waals surface area contributed by atoms with E-state index >= 15 is 0 Å². The van der Waals surface area contributed by atoms with E-state index in [9.17, 15) is 4.79 Å². The number of fused-ring (bicyclic) bond motifs is 1. The third kappa shape index (κ3) is 2.36. The SMILES string of the molecule is Cc1c(C(=O)c2ccc(I)cc2)oc2ccc(Cl)cc12. The molecule has 0 fully saturated rings. The molecule has 0 radical (unpaired) electrons. The molecule has 3 rings (SSSR count). The molecule has 0 saturated carbocycles. The zero-order chi connectivity index (χ0) is 14.3. The van der Waals surface area contributed by atoms with Gasteiger partial charge in [-0.1, -0.05) is 11.6 Å². The second-order valence-electron chi connectivity index (χ2n) is 4.53. The molecule has 100 valence electrons. The van der Waals surface area contributed by atoms with Crippen molar-refractivity contribution in [2.24, 2.45) is 0 Å². The van der Waals surface area contributed by atoms with Crippen LogP contribution in [-0.4, -0.2) is 5.78 Å². The Morgan fingerprint density at radius 2 is 1.85 bits per heavy atom. The fourth-order valence-electron chi connectivity index (χ4n) is 2.14. The van der Waals surface area contributed by atoms with Crippen LogP contribution >= 0.6 is 34.2 Å². The van der Waals surface area contributed by atoms with Crippen molar-refractivity contribution < 1.29 is 9.21 Å². The summed E-state index contributed by atoms with van der Waals surface area (Å²) in [7, 11) is 0. The maximum Gasteiger partial charge on any atom is 0.228 e. The number of benzene rings is 2. The van der Waals surface area contributed by atoms with Crippen molar-refractivity contribution >= 4 is 50.9 Å². The Balaban J connectivity index is 2.12. The Kier molecular flexibility index (Phi) is 3.56. The number of carbonyl (C=O) groups excluding carboxylic acids is 1. The first kappa shape index (κ1) is 13.6. The maximum atomic E-state index is 12.5. The predicted molar refractivity (Wildman–Crippen MR) is 88.6 cm³/mol. The zero-order valence-corrected chi connectivity index (χ0v) is 13.5. The molecule has 0 amide bonds. The van der Waals surface area contributed by atoms with E-state index in [4.69, 9.17) is 16.0 Å². The van der Waals surface area contributed by atoms with Crippen LogP contribution in [0.3, 0.4) is 0 Å². The predicted octanol–water partition coefficient (Wildman–Crippen LogP) is 5.23. The van der Waals surface area contributed by atoms with Gasteiger partial charge in [0.1, 0.15) is 5.58 Å². The van der Waals surface area contributed by atoms with Gasteiger partial charge in [-0.05, 0) is 72.0 Å². The molecule has 0 aliphatic rings. The lowest BCUT2D eigenvalue weighted by Gasteiger charge is -1.99. The third-order valence-electron chi connectivity index (χ3n) is 3.21. The summed E-state index contributed by atoms with van der Waals surface area (Å²) in [6, 6.07) is 12.8. The van der Waals surface area contributed by atoms with Crippen molar-refractivity contribution in [3.8, 4) is 0 Å². The average molecular weight is 397 g/mol. The van der Waals surface area contributed by atoms with Crippen molar-refractivity contribution in [2.45, 2.75) is 6.92 Å². The summed E-state index contributed by atoms with van der Waals surface area (Å²) in [6.07, 6.45) is 0. The van der Waals surface area contributed by atoms with E-state index in [1.807, 2.05) is 37.3 Å². The summed E-state index contributed by atoms with van der Waals surface area (Å²) in [5.74, 6) is 0.273. The molecule has 3 aromatic rings. The van der Waals surface area contributed by atoms with Crippen LogP contribution in [0.25, 0.3) is 11.0 Å². The quantitative estimate of drug-likeness (QED) is 0.438. The van der Waals surface area contributed by atoms with Gasteiger partial charge in [0.15, 0.2) is 5.76 Å². The minimum atomic E-state index is -0.105. The number of hydrogen-bond donors (Lipinski definition) is 0. The molecule has 0 atom stereocenters. The summed E-state index contributed by atoms with van der Waals surface area (Å²) < 4.78 is 6.78. The standard InChI is InChI=1S/C16H10ClIO2/c1-9-13-8-11(17)4-7-14(13)20-16(9)15(19)10-2-5-12(18)6-3-10/h2-8H,1H3. The van der Waals surface area contributed by atoms with E-state index in [2.05, 4.69) is 22.6 Å². The van der Waals surface area contributed by atoms with Crippen LogP contribution in [0, 0.1) is 10.5 Å². The molecule has 0 spiro atoms. The fraction of sp³-hybridized carbons (Fsp3) is 0.0625. The average Bonchev–Trinajstić information content (AvgIpc) is 2.76. The van der Waals surface area contributed by atoms with E-state index in [1.165, 1.54) is 0 Å².